The Bertz CT molecular complexity index is 1100. The van der Waals surface area contributed by atoms with Crippen LogP contribution in [0.25, 0.3) is 0 Å². The summed E-state index contributed by atoms with van der Waals surface area (Å²) in [4.78, 5) is 16.2. The van der Waals surface area contributed by atoms with Crippen LogP contribution in [0.1, 0.15) is 41.4 Å². The molecule has 2 aromatic rings. The summed E-state index contributed by atoms with van der Waals surface area (Å²) in [5.74, 6) is -1.25. The fourth-order valence-electron chi connectivity index (χ4n) is 3.11. The topological polar surface area (TPSA) is 134 Å². The van der Waals surface area contributed by atoms with Gasteiger partial charge in [0, 0.05) is 18.8 Å². The molecule has 0 spiro atoms. The number of nitrogens with zero attached hydrogens (tertiary/aromatic N) is 2. The number of carbonyl (C=O) groups is 1. The zero-order chi connectivity index (χ0) is 24.4. The van der Waals surface area contributed by atoms with Gasteiger partial charge in [-0.05, 0) is 23.6 Å². The van der Waals surface area contributed by atoms with E-state index in [1.807, 2.05) is 4.72 Å². The van der Waals surface area contributed by atoms with Crippen LogP contribution in [0.5, 0.6) is 0 Å². The van der Waals surface area contributed by atoms with E-state index < -0.39 is 39.7 Å². The number of alkyl halides is 3. The lowest BCUT2D eigenvalue weighted by molar-refractivity contribution is -0.137. The molecule has 182 valence electrons. The minimum Gasteiger partial charge on any atom is -0.431 e. The van der Waals surface area contributed by atoms with Crippen molar-refractivity contribution in [3.8, 4) is 0 Å². The Morgan fingerprint density at radius 1 is 1.33 bits per heavy atom. The number of oxazole rings is 1. The molecule has 14 heteroatoms. The van der Waals surface area contributed by atoms with Gasteiger partial charge >= 0.3 is 16.4 Å². The van der Waals surface area contributed by atoms with Crippen molar-refractivity contribution in [2.24, 2.45) is 0 Å². The summed E-state index contributed by atoms with van der Waals surface area (Å²) in [5.41, 5.74) is -0.657. The van der Waals surface area contributed by atoms with E-state index >= 15 is 0 Å². The number of hydrogen-bond donors (Lipinski definition) is 3. The zero-order valence-electron chi connectivity index (χ0n) is 17.7. The van der Waals surface area contributed by atoms with Crippen molar-refractivity contribution in [3.63, 3.8) is 0 Å². The van der Waals surface area contributed by atoms with Gasteiger partial charge in [-0.3, -0.25) is 4.79 Å². The molecule has 3 N–H and O–H groups in total. The number of aliphatic hydroxyl groups excluding tert-OH is 1. The van der Waals surface area contributed by atoms with Gasteiger partial charge in [-0.25, -0.2) is 4.72 Å². The van der Waals surface area contributed by atoms with E-state index in [0.717, 1.165) is 22.7 Å². The Kier molecular flexibility index (Phi) is 7.31. The molecule has 10 nitrogen and oxygen atoms in total. The maximum absolute atomic E-state index is 13.1. The second kappa shape index (κ2) is 9.67. The molecule has 1 saturated heterocycles. The zero-order valence-corrected chi connectivity index (χ0v) is 18.5. The van der Waals surface area contributed by atoms with Gasteiger partial charge in [-0.15, -0.1) is 0 Å². The SMILES string of the molecule is CC(C)c1ccc(C(F)(F)F)cc1Nc1nc(C(=O)NS(=O)(=O)N2CCOCC(O)C2)co1. The maximum atomic E-state index is 13.1. The van der Waals surface area contributed by atoms with Crippen molar-refractivity contribution >= 4 is 27.8 Å². The largest absolute Gasteiger partial charge is 0.431 e. The van der Waals surface area contributed by atoms with E-state index in [9.17, 15) is 31.5 Å². The molecule has 0 bridgehead atoms. The fraction of sp³-hybridized carbons (Fsp3) is 0.474. The molecule has 1 aromatic carbocycles. The number of amides is 1. The molecule has 1 unspecified atom stereocenters. The number of anilines is 2. The minimum atomic E-state index is -4.56. The number of rotatable bonds is 6. The second-order valence-corrected chi connectivity index (χ2v) is 9.31. The Hall–Kier alpha value is -2.68. The van der Waals surface area contributed by atoms with Crippen molar-refractivity contribution in [2.75, 3.05) is 31.6 Å². The second-order valence-electron chi connectivity index (χ2n) is 7.64. The number of halogens is 3. The monoisotopic (exact) mass is 492 g/mol. The van der Waals surface area contributed by atoms with Crippen LogP contribution in [0.15, 0.2) is 28.9 Å². The third-order valence-corrected chi connectivity index (χ3v) is 6.21. The molecule has 1 aliphatic rings. The van der Waals surface area contributed by atoms with Crippen molar-refractivity contribution in [1.82, 2.24) is 14.0 Å². The average molecular weight is 492 g/mol. The van der Waals surface area contributed by atoms with Crippen LogP contribution in [0.2, 0.25) is 0 Å². The molecule has 1 aliphatic heterocycles. The van der Waals surface area contributed by atoms with Crippen molar-refractivity contribution in [2.45, 2.75) is 32.0 Å². The van der Waals surface area contributed by atoms with Gasteiger partial charge in [0.2, 0.25) is 0 Å². The standard InChI is InChI=1S/C19H23F3N4O6S/c1-11(2)14-4-3-12(19(20,21)22)7-15(14)23-18-24-16(10-32-18)17(28)25-33(29,30)26-5-6-31-9-13(27)8-26/h3-4,7,10-11,13,27H,5-6,8-9H2,1-2H3,(H,23,24)(H,25,28). The molecule has 33 heavy (non-hydrogen) atoms. The summed E-state index contributed by atoms with van der Waals surface area (Å²) in [6, 6.07) is 2.90. The summed E-state index contributed by atoms with van der Waals surface area (Å²) >= 11 is 0. The molecule has 2 heterocycles. The summed E-state index contributed by atoms with van der Waals surface area (Å²) in [6.45, 7) is 3.25. The predicted molar refractivity (Wildman–Crippen MR) is 110 cm³/mol. The highest BCUT2D eigenvalue weighted by Gasteiger charge is 2.32. The predicted octanol–water partition coefficient (Wildman–Crippen LogP) is 2.23. The van der Waals surface area contributed by atoms with E-state index in [2.05, 4.69) is 10.3 Å². The minimum absolute atomic E-state index is 0.0355. The Morgan fingerprint density at radius 2 is 2.06 bits per heavy atom. The van der Waals surface area contributed by atoms with Crippen LogP contribution in [-0.4, -0.2) is 61.1 Å². The van der Waals surface area contributed by atoms with Gasteiger partial charge in [0.05, 0.1) is 24.9 Å². The van der Waals surface area contributed by atoms with Crippen molar-refractivity contribution in [1.29, 1.82) is 0 Å². The van der Waals surface area contributed by atoms with E-state index in [0.29, 0.717) is 5.56 Å². The lowest BCUT2D eigenvalue weighted by Crippen LogP contribution is -2.46. The first-order valence-corrected chi connectivity index (χ1v) is 11.3. The lowest BCUT2D eigenvalue weighted by Gasteiger charge is -2.20. The molecule has 0 radical (unpaired) electrons. The molecule has 1 atom stereocenters. The Balaban J connectivity index is 1.76. The van der Waals surface area contributed by atoms with Crippen LogP contribution in [0, 0.1) is 0 Å². The molecule has 0 saturated carbocycles. The van der Waals surface area contributed by atoms with Crippen LogP contribution in [0.3, 0.4) is 0 Å². The summed E-state index contributed by atoms with van der Waals surface area (Å²) in [6.07, 6.45) is -4.74. The highest BCUT2D eigenvalue weighted by atomic mass is 32.2. The molecular formula is C19H23F3N4O6S. The molecule has 1 aromatic heterocycles. The highest BCUT2D eigenvalue weighted by molar-refractivity contribution is 7.87. The number of nitrogens with one attached hydrogen (secondary N) is 2. The molecule has 1 amide bonds. The summed E-state index contributed by atoms with van der Waals surface area (Å²) in [5, 5.41) is 12.3. The number of carbonyl (C=O) groups excluding carboxylic acids is 1. The Labute approximate surface area is 187 Å². The van der Waals surface area contributed by atoms with Crippen LogP contribution < -0.4 is 10.0 Å². The molecule has 0 aliphatic carbocycles. The number of β-amino-alcohol motifs (C(OH)–C–C–N with tert-alkyl or cyclic N) is 1. The van der Waals surface area contributed by atoms with Crippen LogP contribution in [0.4, 0.5) is 24.9 Å². The highest BCUT2D eigenvalue weighted by Crippen LogP contribution is 2.35. The number of hydrogen-bond acceptors (Lipinski definition) is 8. The number of aromatic nitrogens is 1. The number of benzene rings is 1. The van der Waals surface area contributed by atoms with E-state index in [1.54, 1.807) is 13.8 Å². The third-order valence-electron chi connectivity index (χ3n) is 4.75. The first-order valence-electron chi connectivity index (χ1n) is 9.88. The fourth-order valence-corrected chi connectivity index (χ4v) is 4.26. The van der Waals surface area contributed by atoms with Gasteiger partial charge in [-0.1, -0.05) is 19.9 Å². The quantitative estimate of drug-likeness (QED) is 0.559. The van der Waals surface area contributed by atoms with Crippen LogP contribution >= 0.6 is 0 Å². The van der Waals surface area contributed by atoms with E-state index in [-0.39, 0.29) is 43.9 Å². The van der Waals surface area contributed by atoms with Crippen molar-refractivity contribution < 1.29 is 40.6 Å². The summed E-state index contributed by atoms with van der Waals surface area (Å²) in [7, 11) is -4.31. The average Bonchev–Trinajstić information content (AvgIpc) is 3.06. The molecule has 1 fully saturated rings. The maximum Gasteiger partial charge on any atom is 0.416 e. The summed E-state index contributed by atoms with van der Waals surface area (Å²) < 4.78 is 77.1. The van der Waals surface area contributed by atoms with Gasteiger partial charge in [0.1, 0.15) is 6.26 Å². The van der Waals surface area contributed by atoms with Crippen molar-refractivity contribution in [3.05, 3.63) is 41.3 Å². The van der Waals surface area contributed by atoms with Gasteiger partial charge in [-0.2, -0.15) is 30.9 Å². The first-order chi connectivity index (χ1) is 15.4. The van der Waals surface area contributed by atoms with Gasteiger partial charge in [0.15, 0.2) is 5.69 Å². The smallest absolute Gasteiger partial charge is 0.416 e. The van der Waals surface area contributed by atoms with E-state index in [1.165, 1.54) is 6.07 Å². The van der Waals surface area contributed by atoms with Crippen LogP contribution in [-0.2, 0) is 21.1 Å². The number of aliphatic hydroxyl groups is 1. The van der Waals surface area contributed by atoms with Gasteiger partial charge < -0.3 is 19.6 Å². The Morgan fingerprint density at radius 3 is 2.73 bits per heavy atom. The third kappa shape index (κ3) is 6.22. The first kappa shape index (κ1) is 25.0. The number of ether oxygens (including phenoxy) is 1. The van der Waals surface area contributed by atoms with Gasteiger partial charge in [0.25, 0.3) is 11.9 Å². The normalized spacial score (nSPS) is 18.2. The molecule has 3 rings (SSSR count). The molecular weight excluding hydrogens is 469 g/mol. The van der Waals surface area contributed by atoms with E-state index in [4.69, 9.17) is 9.15 Å². The lowest BCUT2D eigenvalue weighted by atomic mass is 9.99.